The minimum absolute atomic E-state index is 0.0276. The lowest BCUT2D eigenvalue weighted by molar-refractivity contribution is 0.0868. The molecule has 1 aromatic rings. The number of aliphatic hydroxyl groups excluding tert-OH is 1. The van der Waals surface area contributed by atoms with E-state index in [2.05, 4.69) is 30.3 Å². The lowest BCUT2D eigenvalue weighted by Gasteiger charge is -2.41. The predicted molar refractivity (Wildman–Crippen MR) is 67.7 cm³/mol. The van der Waals surface area contributed by atoms with Crippen LogP contribution in [0.15, 0.2) is 12.3 Å². The summed E-state index contributed by atoms with van der Waals surface area (Å²) in [5.41, 5.74) is 1.03. The molecule has 1 aliphatic rings. The zero-order chi connectivity index (χ0) is 12.3. The Morgan fingerprint density at radius 1 is 1.59 bits per heavy atom. The van der Waals surface area contributed by atoms with E-state index in [4.69, 9.17) is 0 Å². The van der Waals surface area contributed by atoms with Gasteiger partial charge < -0.3 is 10.4 Å². The molecule has 1 aromatic heterocycles. The Labute approximate surface area is 103 Å². The van der Waals surface area contributed by atoms with Crippen LogP contribution in [0.25, 0.3) is 0 Å². The molecule has 2 rings (SSSR count). The van der Waals surface area contributed by atoms with Gasteiger partial charge in [-0.25, -0.2) is 0 Å². The Morgan fingerprint density at radius 3 is 2.88 bits per heavy atom. The van der Waals surface area contributed by atoms with Crippen molar-refractivity contribution in [2.45, 2.75) is 57.7 Å². The van der Waals surface area contributed by atoms with E-state index in [1.54, 1.807) is 0 Å². The molecule has 1 unspecified atom stereocenters. The van der Waals surface area contributed by atoms with Crippen molar-refractivity contribution in [1.82, 2.24) is 15.1 Å². The van der Waals surface area contributed by atoms with Gasteiger partial charge in [-0.3, -0.25) is 4.68 Å². The van der Waals surface area contributed by atoms with Crippen LogP contribution in [-0.4, -0.2) is 27.0 Å². The van der Waals surface area contributed by atoms with Crippen molar-refractivity contribution in [3.8, 4) is 0 Å². The third-order valence-corrected chi connectivity index (χ3v) is 3.96. The smallest absolute Gasteiger partial charge is 0.0762 e. The molecule has 1 heterocycles. The molecule has 0 bridgehead atoms. The fraction of sp³-hybridized carbons (Fsp3) is 0.769. The number of aromatic nitrogens is 2. The molecule has 0 saturated heterocycles. The van der Waals surface area contributed by atoms with Crippen LogP contribution >= 0.6 is 0 Å². The number of rotatable bonds is 6. The Morgan fingerprint density at radius 2 is 2.35 bits per heavy atom. The lowest BCUT2D eigenvalue weighted by Crippen LogP contribution is -2.53. The van der Waals surface area contributed by atoms with Crippen molar-refractivity contribution in [1.29, 1.82) is 0 Å². The number of nitrogens with zero attached hydrogens (tertiary/aromatic N) is 2. The SMILES string of the molecule is CCC(C)n1ccc(CNC2(CO)CCC2)n1. The van der Waals surface area contributed by atoms with Crippen LogP contribution in [0.1, 0.15) is 51.3 Å². The molecule has 4 heteroatoms. The summed E-state index contributed by atoms with van der Waals surface area (Å²) >= 11 is 0. The Hall–Kier alpha value is -0.870. The number of aliphatic hydroxyl groups is 1. The molecule has 0 aromatic carbocycles. The second-order valence-electron chi connectivity index (χ2n) is 5.19. The van der Waals surface area contributed by atoms with Gasteiger partial charge in [0.2, 0.25) is 0 Å². The van der Waals surface area contributed by atoms with Gasteiger partial charge in [-0.05, 0) is 38.7 Å². The third-order valence-electron chi connectivity index (χ3n) is 3.96. The Balaban J connectivity index is 1.89. The molecule has 0 amide bonds. The molecule has 1 atom stereocenters. The maximum Gasteiger partial charge on any atom is 0.0762 e. The maximum absolute atomic E-state index is 9.36. The van der Waals surface area contributed by atoms with Crippen LogP contribution in [-0.2, 0) is 6.54 Å². The van der Waals surface area contributed by atoms with Crippen molar-refractivity contribution < 1.29 is 5.11 Å². The van der Waals surface area contributed by atoms with Crippen LogP contribution in [0.4, 0.5) is 0 Å². The summed E-state index contributed by atoms with van der Waals surface area (Å²) in [4.78, 5) is 0. The van der Waals surface area contributed by atoms with E-state index in [1.165, 1.54) is 6.42 Å². The molecule has 1 fully saturated rings. The van der Waals surface area contributed by atoms with E-state index < -0.39 is 0 Å². The Bertz CT molecular complexity index is 352. The molecular weight excluding hydrogens is 214 g/mol. The summed E-state index contributed by atoms with van der Waals surface area (Å²) in [7, 11) is 0. The zero-order valence-electron chi connectivity index (χ0n) is 10.8. The van der Waals surface area contributed by atoms with Gasteiger partial charge in [-0.1, -0.05) is 6.92 Å². The third kappa shape index (κ3) is 2.69. The minimum Gasteiger partial charge on any atom is -0.394 e. The van der Waals surface area contributed by atoms with Crippen LogP contribution in [0, 0.1) is 0 Å². The molecule has 0 radical (unpaired) electrons. The van der Waals surface area contributed by atoms with E-state index in [-0.39, 0.29) is 12.1 Å². The fourth-order valence-electron chi connectivity index (χ4n) is 2.18. The van der Waals surface area contributed by atoms with Gasteiger partial charge in [0.25, 0.3) is 0 Å². The highest BCUT2D eigenvalue weighted by Crippen LogP contribution is 2.31. The van der Waals surface area contributed by atoms with E-state index in [9.17, 15) is 5.11 Å². The van der Waals surface area contributed by atoms with Crippen molar-refractivity contribution in [3.63, 3.8) is 0 Å². The summed E-state index contributed by atoms with van der Waals surface area (Å²) in [6, 6.07) is 2.52. The van der Waals surface area contributed by atoms with Crippen molar-refractivity contribution >= 4 is 0 Å². The zero-order valence-corrected chi connectivity index (χ0v) is 10.8. The van der Waals surface area contributed by atoms with E-state index in [0.717, 1.165) is 31.5 Å². The summed E-state index contributed by atoms with van der Waals surface area (Å²) in [5, 5.41) is 17.4. The van der Waals surface area contributed by atoms with Crippen molar-refractivity contribution in [3.05, 3.63) is 18.0 Å². The normalized spacial score (nSPS) is 19.9. The van der Waals surface area contributed by atoms with E-state index in [0.29, 0.717) is 6.04 Å². The number of nitrogens with one attached hydrogen (secondary N) is 1. The summed E-state index contributed by atoms with van der Waals surface area (Å²) < 4.78 is 2.02. The molecule has 1 aliphatic carbocycles. The van der Waals surface area contributed by atoms with Gasteiger partial charge >= 0.3 is 0 Å². The molecule has 96 valence electrons. The van der Waals surface area contributed by atoms with Crippen LogP contribution in [0.3, 0.4) is 0 Å². The monoisotopic (exact) mass is 237 g/mol. The second kappa shape index (κ2) is 5.19. The molecule has 0 aliphatic heterocycles. The van der Waals surface area contributed by atoms with Crippen LogP contribution in [0.2, 0.25) is 0 Å². The van der Waals surface area contributed by atoms with Crippen molar-refractivity contribution in [2.24, 2.45) is 0 Å². The highest BCUT2D eigenvalue weighted by Gasteiger charge is 2.35. The number of hydrogen-bond acceptors (Lipinski definition) is 3. The first-order valence-electron chi connectivity index (χ1n) is 6.59. The number of hydrogen-bond donors (Lipinski definition) is 2. The average molecular weight is 237 g/mol. The van der Waals surface area contributed by atoms with Gasteiger partial charge in [0.1, 0.15) is 0 Å². The second-order valence-corrected chi connectivity index (χ2v) is 5.19. The van der Waals surface area contributed by atoms with Gasteiger partial charge in [0.15, 0.2) is 0 Å². The minimum atomic E-state index is -0.0276. The molecular formula is C13H23N3O. The molecule has 2 N–H and O–H groups in total. The highest BCUT2D eigenvalue weighted by molar-refractivity contribution is 5.03. The fourth-order valence-corrected chi connectivity index (χ4v) is 2.18. The highest BCUT2D eigenvalue weighted by atomic mass is 16.3. The van der Waals surface area contributed by atoms with Gasteiger partial charge in [-0.2, -0.15) is 5.10 Å². The molecule has 17 heavy (non-hydrogen) atoms. The van der Waals surface area contributed by atoms with E-state index in [1.807, 2.05) is 10.9 Å². The summed E-state index contributed by atoms with van der Waals surface area (Å²) in [6.45, 7) is 5.33. The molecule has 0 spiro atoms. The quantitative estimate of drug-likeness (QED) is 0.794. The maximum atomic E-state index is 9.36. The first-order valence-corrected chi connectivity index (χ1v) is 6.59. The largest absolute Gasteiger partial charge is 0.394 e. The first kappa shape index (κ1) is 12.6. The topological polar surface area (TPSA) is 50.1 Å². The molecule has 4 nitrogen and oxygen atoms in total. The molecule has 1 saturated carbocycles. The van der Waals surface area contributed by atoms with Gasteiger partial charge in [0.05, 0.1) is 12.3 Å². The summed E-state index contributed by atoms with van der Waals surface area (Å²) in [6.07, 6.45) is 6.51. The first-order chi connectivity index (χ1) is 8.19. The predicted octanol–water partition coefficient (Wildman–Crippen LogP) is 1.86. The lowest BCUT2D eigenvalue weighted by atomic mass is 9.77. The Kier molecular flexibility index (Phi) is 3.84. The van der Waals surface area contributed by atoms with Crippen molar-refractivity contribution in [2.75, 3.05) is 6.61 Å². The van der Waals surface area contributed by atoms with Crippen LogP contribution < -0.4 is 5.32 Å². The summed E-state index contributed by atoms with van der Waals surface area (Å²) in [5.74, 6) is 0. The standard InChI is InChI=1S/C13H23N3O/c1-3-11(2)16-8-5-12(15-16)9-14-13(10-17)6-4-7-13/h5,8,11,14,17H,3-4,6-7,9-10H2,1-2H3. The average Bonchev–Trinajstić information content (AvgIpc) is 2.76. The van der Waals surface area contributed by atoms with E-state index >= 15 is 0 Å². The van der Waals surface area contributed by atoms with Crippen LogP contribution in [0.5, 0.6) is 0 Å². The van der Waals surface area contributed by atoms with Gasteiger partial charge in [0, 0.05) is 24.3 Å². The van der Waals surface area contributed by atoms with Gasteiger partial charge in [-0.15, -0.1) is 0 Å².